The van der Waals surface area contributed by atoms with E-state index in [0.29, 0.717) is 24.5 Å². The van der Waals surface area contributed by atoms with Crippen molar-refractivity contribution < 1.29 is 5.11 Å². The lowest BCUT2D eigenvalue weighted by atomic mass is 9.99. The van der Waals surface area contributed by atoms with Crippen molar-refractivity contribution in [1.82, 2.24) is 9.97 Å². The van der Waals surface area contributed by atoms with E-state index >= 15 is 0 Å². The molecule has 2 heterocycles. The second kappa shape index (κ2) is 5.25. The van der Waals surface area contributed by atoms with Gasteiger partial charge in [-0.1, -0.05) is 24.3 Å². The fraction of sp³-hybridized carbons (Fsp3) is 0.412. The number of nitrogens with one attached hydrogen (secondary N) is 1. The van der Waals surface area contributed by atoms with Crippen LogP contribution in [0.4, 0.5) is 11.8 Å². The predicted molar refractivity (Wildman–Crippen MR) is 86.2 cm³/mol. The molecule has 1 saturated heterocycles. The molecular formula is C17H20N4O. The van der Waals surface area contributed by atoms with Crippen molar-refractivity contribution in [3.05, 3.63) is 47.2 Å². The van der Waals surface area contributed by atoms with E-state index in [9.17, 15) is 0 Å². The maximum atomic E-state index is 8.94. The highest BCUT2D eigenvalue weighted by molar-refractivity contribution is 5.55. The molecule has 0 unspecified atom stereocenters. The van der Waals surface area contributed by atoms with Crippen molar-refractivity contribution in [3.8, 4) is 0 Å². The first-order chi connectivity index (χ1) is 10.8. The van der Waals surface area contributed by atoms with Gasteiger partial charge >= 0.3 is 0 Å². The second-order valence-corrected chi connectivity index (χ2v) is 6.07. The molecule has 0 saturated carbocycles. The van der Waals surface area contributed by atoms with Crippen molar-refractivity contribution in [2.45, 2.75) is 25.3 Å². The average Bonchev–Trinajstić information content (AvgIpc) is 3.12. The van der Waals surface area contributed by atoms with Gasteiger partial charge in [0.15, 0.2) is 0 Å². The normalized spacial score (nSPS) is 22.0. The van der Waals surface area contributed by atoms with E-state index in [2.05, 4.69) is 44.5 Å². The van der Waals surface area contributed by atoms with E-state index in [1.165, 1.54) is 17.5 Å². The van der Waals surface area contributed by atoms with Gasteiger partial charge in [-0.25, -0.2) is 4.98 Å². The summed E-state index contributed by atoms with van der Waals surface area (Å²) in [4.78, 5) is 11.4. The molecule has 5 heteroatoms. The Kier molecular flexibility index (Phi) is 3.22. The van der Waals surface area contributed by atoms with Gasteiger partial charge in [0, 0.05) is 30.8 Å². The van der Waals surface area contributed by atoms with Crippen LogP contribution >= 0.6 is 0 Å². The summed E-state index contributed by atoms with van der Waals surface area (Å²) in [7, 11) is 0. The molecule has 1 aromatic carbocycles. The van der Waals surface area contributed by atoms with Gasteiger partial charge < -0.3 is 15.3 Å². The molecule has 1 aromatic heterocycles. The van der Waals surface area contributed by atoms with E-state index in [1.807, 2.05) is 13.0 Å². The van der Waals surface area contributed by atoms with E-state index in [4.69, 9.17) is 5.11 Å². The SMILES string of the molecule is Cc1cc(N2C[C@H]3C[C@H]2c2ccccc23)nc(NCCO)n1. The van der Waals surface area contributed by atoms with Crippen molar-refractivity contribution in [2.24, 2.45) is 0 Å². The number of nitrogens with zero attached hydrogens (tertiary/aromatic N) is 3. The minimum atomic E-state index is 0.0778. The summed E-state index contributed by atoms with van der Waals surface area (Å²) in [5.41, 5.74) is 3.90. The summed E-state index contributed by atoms with van der Waals surface area (Å²) >= 11 is 0. The summed E-state index contributed by atoms with van der Waals surface area (Å²) in [6, 6.07) is 11.2. The molecule has 1 aliphatic heterocycles. The van der Waals surface area contributed by atoms with E-state index in [1.54, 1.807) is 0 Å². The lowest BCUT2D eigenvalue weighted by Gasteiger charge is -2.30. The summed E-state index contributed by atoms with van der Waals surface area (Å²) in [6.45, 7) is 3.56. The van der Waals surface area contributed by atoms with Crippen molar-refractivity contribution in [2.75, 3.05) is 29.9 Å². The zero-order valence-electron chi connectivity index (χ0n) is 12.7. The summed E-state index contributed by atoms with van der Waals surface area (Å²) in [5, 5.41) is 12.0. The minimum absolute atomic E-state index is 0.0778. The molecule has 2 aliphatic rings. The molecule has 1 fully saturated rings. The molecule has 1 aliphatic carbocycles. The molecule has 2 bridgehead atoms. The number of aliphatic hydroxyl groups is 1. The van der Waals surface area contributed by atoms with E-state index < -0.39 is 0 Å². The van der Waals surface area contributed by atoms with Gasteiger partial charge in [0.2, 0.25) is 5.95 Å². The average molecular weight is 296 g/mol. The maximum absolute atomic E-state index is 8.94. The fourth-order valence-electron chi connectivity index (χ4n) is 3.74. The Hall–Kier alpha value is -2.14. The van der Waals surface area contributed by atoms with Crippen LogP contribution in [0, 0.1) is 6.92 Å². The number of aryl methyl sites for hydroxylation is 1. The third kappa shape index (κ3) is 2.13. The van der Waals surface area contributed by atoms with Crippen molar-refractivity contribution in [3.63, 3.8) is 0 Å². The van der Waals surface area contributed by atoms with Gasteiger partial charge in [0.1, 0.15) is 5.82 Å². The van der Waals surface area contributed by atoms with Crippen LogP contribution in [0.1, 0.15) is 35.2 Å². The molecule has 2 atom stereocenters. The first-order valence-corrected chi connectivity index (χ1v) is 7.82. The Labute approximate surface area is 130 Å². The highest BCUT2D eigenvalue weighted by Gasteiger charge is 2.42. The largest absolute Gasteiger partial charge is 0.395 e. The Morgan fingerprint density at radius 2 is 2.09 bits per heavy atom. The highest BCUT2D eigenvalue weighted by Crippen LogP contribution is 2.51. The van der Waals surface area contributed by atoms with Crippen LogP contribution in [-0.4, -0.2) is 34.8 Å². The summed E-state index contributed by atoms with van der Waals surface area (Å²) in [6.07, 6.45) is 1.18. The van der Waals surface area contributed by atoms with Crippen molar-refractivity contribution in [1.29, 1.82) is 0 Å². The molecule has 0 amide bonds. The number of rotatable bonds is 4. The molecule has 2 N–H and O–H groups in total. The Balaban J connectivity index is 1.66. The van der Waals surface area contributed by atoms with Gasteiger partial charge in [-0.05, 0) is 24.5 Å². The third-order valence-electron chi connectivity index (χ3n) is 4.63. The smallest absolute Gasteiger partial charge is 0.224 e. The minimum Gasteiger partial charge on any atom is -0.395 e. The van der Waals surface area contributed by atoms with Crippen molar-refractivity contribution >= 4 is 11.8 Å². The molecular weight excluding hydrogens is 276 g/mol. The zero-order chi connectivity index (χ0) is 15.1. The van der Waals surface area contributed by atoms with Gasteiger partial charge in [-0.2, -0.15) is 4.98 Å². The molecule has 5 nitrogen and oxygen atoms in total. The summed E-state index contributed by atoms with van der Waals surface area (Å²) in [5.74, 6) is 2.19. The first-order valence-electron chi connectivity index (χ1n) is 7.82. The highest BCUT2D eigenvalue weighted by atomic mass is 16.3. The van der Waals surface area contributed by atoms with Crippen LogP contribution in [0.5, 0.6) is 0 Å². The van der Waals surface area contributed by atoms with Crippen LogP contribution in [-0.2, 0) is 0 Å². The maximum Gasteiger partial charge on any atom is 0.224 e. The lowest BCUT2D eigenvalue weighted by Crippen LogP contribution is -2.28. The number of hydrogen-bond acceptors (Lipinski definition) is 5. The molecule has 4 rings (SSSR count). The molecule has 0 radical (unpaired) electrons. The number of fused-ring (bicyclic) bond motifs is 5. The first kappa shape index (κ1) is 13.5. The predicted octanol–water partition coefficient (Wildman–Crippen LogP) is 2.24. The van der Waals surface area contributed by atoms with E-state index in [0.717, 1.165) is 18.1 Å². The van der Waals surface area contributed by atoms with Gasteiger partial charge in [-0.15, -0.1) is 0 Å². The van der Waals surface area contributed by atoms with Crippen LogP contribution in [0.2, 0.25) is 0 Å². The monoisotopic (exact) mass is 296 g/mol. The van der Waals surface area contributed by atoms with Crippen LogP contribution in [0.25, 0.3) is 0 Å². The molecule has 114 valence electrons. The fourth-order valence-corrected chi connectivity index (χ4v) is 3.74. The van der Waals surface area contributed by atoms with Gasteiger partial charge in [0.25, 0.3) is 0 Å². The lowest BCUT2D eigenvalue weighted by molar-refractivity contribution is 0.311. The van der Waals surface area contributed by atoms with E-state index in [-0.39, 0.29) is 6.61 Å². The third-order valence-corrected chi connectivity index (χ3v) is 4.63. The standard InChI is InChI=1S/C17H20N4O/c1-11-8-16(20-17(19-11)18-6-7-22)21-10-12-9-15(21)14-5-3-2-4-13(12)14/h2-5,8,12,15,22H,6-7,9-10H2,1H3,(H,18,19,20)/t12-,15+/m1/s1. The number of hydrogen-bond donors (Lipinski definition) is 2. The molecule has 0 spiro atoms. The number of anilines is 2. The van der Waals surface area contributed by atoms with Gasteiger partial charge in [0.05, 0.1) is 12.6 Å². The Bertz CT molecular complexity index is 703. The number of aromatic nitrogens is 2. The topological polar surface area (TPSA) is 61.3 Å². The quantitative estimate of drug-likeness (QED) is 0.906. The van der Waals surface area contributed by atoms with Crippen LogP contribution in [0.3, 0.4) is 0 Å². The number of aliphatic hydroxyl groups excluding tert-OH is 1. The summed E-state index contributed by atoms with van der Waals surface area (Å²) < 4.78 is 0. The number of benzene rings is 1. The molecule has 2 aromatic rings. The molecule has 22 heavy (non-hydrogen) atoms. The zero-order valence-corrected chi connectivity index (χ0v) is 12.7. The Morgan fingerprint density at radius 1 is 1.27 bits per heavy atom. The van der Waals surface area contributed by atoms with Crippen LogP contribution in [0.15, 0.2) is 30.3 Å². The Morgan fingerprint density at radius 3 is 2.91 bits per heavy atom. The second-order valence-electron chi connectivity index (χ2n) is 6.07. The van der Waals surface area contributed by atoms with Crippen LogP contribution < -0.4 is 10.2 Å². The van der Waals surface area contributed by atoms with Gasteiger partial charge in [-0.3, -0.25) is 0 Å².